The third-order valence-corrected chi connectivity index (χ3v) is 4.63. The quantitative estimate of drug-likeness (QED) is 0.798. The molecule has 2 heterocycles. The van der Waals surface area contributed by atoms with E-state index in [9.17, 15) is 4.79 Å². The van der Waals surface area contributed by atoms with Crippen LogP contribution in [0.5, 0.6) is 0 Å². The van der Waals surface area contributed by atoms with Gasteiger partial charge in [0, 0.05) is 17.5 Å². The average molecular weight is 282 g/mol. The maximum Gasteiger partial charge on any atom is 0.358 e. The topological polar surface area (TPSA) is 42.4 Å². The molecule has 2 unspecified atom stereocenters. The summed E-state index contributed by atoms with van der Waals surface area (Å²) in [6.07, 6.45) is 2.46. The van der Waals surface area contributed by atoms with Crippen molar-refractivity contribution in [3.63, 3.8) is 0 Å². The van der Waals surface area contributed by atoms with Crippen LogP contribution in [-0.4, -0.2) is 30.1 Å². The van der Waals surface area contributed by atoms with Crippen molar-refractivity contribution in [3.8, 4) is 0 Å². The first kappa shape index (κ1) is 14.3. The van der Waals surface area contributed by atoms with Gasteiger partial charge in [-0.1, -0.05) is 6.92 Å². The van der Waals surface area contributed by atoms with Gasteiger partial charge in [0.15, 0.2) is 10.8 Å². The van der Waals surface area contributed by atoms with Crippen LogP contribution < -0.4 is 4.90 Å². The minimum absolute atomic E-state index is 0.305. The van der Waals surface area contributed by atoms with Crippen molar-refractivity contribution < 1.29 is 9.53 Å². The minimum Gasteiger partial charge on any atom is -0.461 e. The maximum absolute atomic E-state index is 11.8. The number of aryl methyl sites for hydroxylation is 1. The van der Waals surface area contributed by atoms with Gasteiger partial charge in [0.1, 0.15) is 0 Å². The molecule has 1 aromatic rings. The Morgan fingerprint density at radius 2 is 2.21 bits per heavy atom. The number of hydrogen-bond donors (Lipinski definition) is 0. The Balaban J connectivity index is 2.21. The standard InChI is InChI=1S/C14H22N2O2S/c1-5-18-13(17)12-11(4)19-14(15-12)16-8-9(2)6-7-10(16)3/h9-10H,5-8H2,1-4H3. The van der Waals surface area contributed by atoms with Gasteiger partial charge >= 0.3 is 5.97 Å². The molecule has 1 aromatic heterocycles. The summed E-state index contributed by atoms with van der Waals surface area (Å²) in [5, 5.41) is 0.958. The third-order valence-electron chi connectivity index (χ3n) is 3.62. The molecule has 0 aromatic carbocycles. The molecule has 1 fully saturated rings. The molecule has 5 heteroatoms. The van der Waals surface area contributed by atoms with E-state index in [-0.39, 0.29) is 5.97 Å². The Kier molecular flexibility index (Phi) is 4.45. The van der Waals surface area contributed by atoms with Gasteiger partial charge in [-0.3, -0.25) is 0 Å². The first-order valence-electron chi connectivity index (χ1n) is 6.94. The predicted octanol–water partition coefficient (Wildman–Crippen LogP) is 3.25. The molecule has 19 heavy (non-hydrogen) atoms. The highest BCUT2D eigenvalue weighted by Crippen LogP contribution is 2.32. The second kappa shape index (κ2) is 5.90. The number of nitrogens with zero attached hydrogens (tertiary/aromatic N) is 2. The number of carbonyl (C=O) groups is 1. The largest absolute Gasteiger partial charge is 0.461 e. The molecular formula is C14H22N2O2S. The first-order chi connectivity index (χ1) is 9.02. The van der Waals surface area contributed by atoms with Crippen LogP contribution in [0.2, 0.25) is 0 Å². The molecule has 0 saturated carbocycles. The Hall–Kier alpha value is -1.10. The summed E-state index contributed by atoms with van der Waals surface area (Å²) in [6, 6.07) is 0.497. The Morgan fingerprint density at radius 3 is 2.89 bits per heavy atom. The summed E-state index contributed by atoms with van der Waals surface area (Å²) in [6.45, 7) is 9.66. The van der Waals surface area contributed by atoms with E-state index in [1.54, 1.807) is 11.3 Å². The predicted molar refractivity (Wildman–Crippen MR) is 78.0 cm³/mol. The summed E-state index contributed by atoms with van der Waals surface area (Å²) in [7, 11) is 0. The van der Waals surface area contributed by atoms with E-state index in [1.165, 1.54) is 12.8 Å². The van der Waals surface area contributed by atoms with Gasteiger partial charge in [0.2, 0.25) is 0 Å². The Bertz CT molecular complexity index is 458. The number of ether oxygens (including phenoxy) is 1. The van der Waals surface area contributed by atoms with Crippen LogP contribution in [-0.2, 0) is 4.74 Å². The fraction of sp³-hybridized carbons (Fsp3) is 0.714. The summed E-state index contributed by atoms with van der Waals surface area (Å²) in [4.78, 5) is 19.6. The smallest absolute Gasteiger partial charge is 0.358 e. The van der Waals surface area contributed by atoms with E-state index in [1.807, 2.05) is 13.8 Å². The number of thiazole rings is 1. The molecule has 0 amide bonds. The molecular weight excluding hydrogens is 260 g/mol. The zero-order valence-corrected chi connectivity index (χ0v) is 12.9. The number of esters is 1. The van der Waals surface area contributed by atoms with Gasteiger partial charge in [0.25, 0.3) is 0 Å². The summed E-state index contributed by atoms with van der Waals surface area (Å²) < 4.78 is 5.04. The average Bonchev–Trinajstić information content (AvgIpc) is 2.74. The van der Waals surface area contributed by atoms with Crippen LogP contribution in [0, 0.1) is 12.8 Å². The van der Waals surface area contributed by atoms with Crippen molar-refractivity contribution in [1.82, 2.24) is 4.98 Å². The summed E-state index contributed by atoms with van der Waals surface area (Å²) in [5.41, 5.74) is 0.479. The number of carbonyl (C=O) groups excluding carboxylic acids is 1. The lowest BCUT2D eigenvalue weighted by molar-refractivity contribution is 0.0519. The molecule has 0 aliphatic carbocycles. The fourth-order valence-corrected chi connectivity index (χ4v) is 3.46. The van der Waals surface area contributed by atoms with E-state index >= 15 is 0 Å². The van der Waals surface area contributed by atoms with Gasteiger partial charge in [-0.2, -0.15) is 0 Å². The molecule has 1 aliphatic rings. The van der Waals surface area contributed by atoms with Crippen molar-refractivity contribution in [2.45, 2.75) is 46.6 Å². The number of aromatic nitrogens is 1. The SMILES string of the molecule is CCOC(=O)c1nc(N2CC(C)CCC2C)sc1C. The van der Waals surface area contributed by atoms with Crippen LogP contribution in [0.25, 0.3) is 0 Å². The van der Waals surface area contributed by atoms with Gasteiger partial charge < -0.3 is 9.64 Å². The van der Waals surface area contributed by atoms with Gasteiger partial charge in [-0.15, -0.1) is 11.3 Å². The van der Waals surface area contributed by atoms with Gasteiger partial charge in [0.05, 0.1) is 6.61 Å². The van der Waals surface area contributed by atoms with E-state index in [0.29, 0.717) is 24.3 Å². The van der Waals surface area contributed by atoms with Gasteiger partial charge in [-0.05, 0) is 39.5 Å². The highest BCUT2D eigenvalue weighted by molar-refractivity contribution is 7.15. The zero-order valence-electron chi connectivity index (χ0n) is 12.1. The molecule has 0 bridgehead atoms. The molecule has 106 valence electrons. The highest BCUT2D eigenvalue weighted by atomic mass is 32.1. The number of rotatable bonds is 3. The van der Waals surface area contributed by atoms with Crippen LogP contribution in [0.4, 0.5) is 5.13 Å². The third kappa shape index (κ3) is 3.08. The lowest BCUT2D eigenvalue weighted by Crippen LogP contribution is -2.41. The van der Waals surface area contributed by atoms with E-state index < -0.39 is 0 Å². The number of anilines is 1. The van der Waals surface area contributed by atoms with Crippen molar-refractivity contribution >= 4 is 22.4 Å². The van der Waals surface area contributed by atoms with E-state index in [2.05, 4.69) is 23.7 Å². The Labute approximate surface area is 118 Å². The zero-order chi connectivity index (χ0) is 14.0. The van der Waals surface area contributed by atoms with Crippen LogP contribution in [0.3, 0.4) is 0 Å². The van der Waals surface area contributed by atoms with Crippen molar-refractivity contribution in [3.05, 3.63) is 10.6 Å². The highest BCUT2D eigenvalue weighted by Gasteiger charge is 2.27. The van der Waals surface area contributed by atoms with Crippen molar-refractivity contribution in [2.24, 2.45) is 5.92 Å². The second-order valence-corrected chi connectivity index (χ2v) is 6.49. The minimum atomic E-state index is -0.305. The van der Waals surface area contributed by atoms with Crippen molar-refractivity contribution in [1.29, 1.82) is 0 Å². The van der Waals surface area contributed by atoms with E-state index in [4.69, 9.17) is 4.74 Å². The lowest BCUT2D eigenvalue weighted by atomic mass is 9.96. The Morgan fingerprint density at radius 1 is 1.47 bits per heavy atom. The molecule has 2 atom stereocenters. The molecule has 0 spiro atoms. The fourth-order valence-electron chi connectivity index (χ4n) is 2.45. The van der Waals surface area contributed by atoms with Crippen molar-refractivity contribution in [2.75, 3.05) is 18.1 Å². The van der Waals surface area contributed by atoms with E-state index in [0.717, 1.165) is 16.6 Å². The molecule has 1 aliphatic heterocycles. The monoisotopic (exact) mass is 282 g/mol. The maximum atomic E-state index is 11.8. The molecule has 1 saturated heterocycles. The van der Waals surface area contributed by atoms with Gasteiger partial charge in [-0.25, -0.2) is 9.78 Å². The molecule has 2 rings (SSSR count). The number of piperidine rings is 1. The number of hydrogen-bond acceptors (Lipinski definition) is 5. The molecule has 0 N–H and O–H groups in total. The lowest BCUT2D eigenvalue weighted by Gasteiger charge is -2.36. The first-order valence-corrected chi connectivity index (χ1v) is 7.75. The van der Waals surface area contributed by atoms with Crippen LogP contribution in [0.15, 0.2) is 0 Å². The summed E-state index contributed by atoms with van der Waals surface area (Å²) in [5.74, 6) is 0.381. The second-order valence-electron chi connectivity index (χ2n) is 5.31. The molecule has 0 radical (unpaired) electrons. The van der Waals surface area contributed by atoms with Crippen LogP contribution >= 0.6 is 11.3 Å². The normalized spacial score (nSPS) is 23.5. The molecule has 4 nitrogen and oxygen atoms in total. The summed E-state index contributed by atoms with van der Waals surface area (Å²) >= 11 is 1.59. The van der Waals surface area contributed by atoms with Crippen LogP contribution in [0.1, 0.15) is 49.0 Å².